The number of nitrogens with one attached hydrogen (secondary N) is 2. The van der Waals surface area contributed by atoms with Crippen molar-refractivity contribution in [3.05, 3.63) is 80.1 Å². The molecule has 4 N–H and O–H groups in total. The van der Waals surface area contributed by atoms with Crippen molar-refractivity contribution in [2.75, 3.05) is 36.5 Å². The minimum atomic E-state index is -3.67. The van der Waals surface area contributed by atoms with E-state index in [4.69, 9.17) is 0 Å². The van der Waals surface area contributed by atoms with Crippen LogP contribution in [0.4, 0.5) is 17.1 Å². The third kappa shape index (κ3) is 5.49. The summed E-state index contributed by atoms with van der Waals surface area (Å²) in [6.45, 7) is 1.18. The van der Waals surface area contributed by atoms with Crippen LogP contribution in [-0.4, -0.2) is 71.6 Å². The lowest BCUT2D eigenvalue weighted by molar-refractivity contribution is -0.143. The van der Waals surface area contributed by atoms with Crippen molar-refractivity contribution in [3.63, 3.8) is 0 Å². The molecule has 13 heteroatoms. The van der Waals surface area contributed by atoms with E-state index in [-0.39, 0.29) is 41.8 Å². The van der Waals surface area contributed by atoms with Gasteiger partial charge in [0.25, 0.3) is 16.8 Å². The summed E-state index contributed by atoms with van der Waals surface area (Å²) >= 11 is 0. The maximum atomic E-state index is 13.3. The third-order valence-corrected chi connectivity index (χ3v) is 7.99. The Kier molecular flexibility index (Phi) is 7.74. The molecule has 1 heterocycles. The summed E-state index contributed by atoms with van der Waals surface area (Å²) in [5, 5.41) is 26.4. The number of hydrogen-bond acceptors (Lipinski definition) is 9. The molecular formula is C26H28N4O8S. The first-order valence-electron chi connectivity index (χ1n) is 12.2. The molecule has 4 rings (SSSR count). The fourth-order valence-electron chi connectivity index (χ4n) is 4.55. The van der Waals surface area contributed by atoms with Crippen molar-refractivity contribution >= 4 is 39.0 Å². The van der Waals surface area contributed by atoms with Crippen LogP contribution in [0.25, 0.3) is 0 Å². The maximum absolute atomic E-state index is 13.3. The van der Waals surface area contributed by atoms with Gasteiger partial charge in [-0.25, -0.2) is 13.2 Å². The van der Waals surface area contributed by atoms with Crippen LogP contribution in [0.1, 0.15) is 35.3 Å². The molecule has 39 heavy (non-hydrogen) atoms. The maximum Gasteiger partial charge on any atom is 0.327 e. The number of carboxylic acid groups (broad SMARTS) is 1. The number of para-hydroxylation sites is 1. The van der Waals surface area contributed by atoms with Crippen LogP contribution in [0.2, 0.25) is 0 Å². The standard InChI is InChI=1S/C26H28N4O8S/c1-3-17(15-8-5-4-6-9-15)27-20-21(24(33)23(20)32)28-18-11-7-10-16(22(18)31)25(34)30-13-12-29(39(2,37)38)14-19(30)26(35)36/h4-11,17,19,27-28,31H,3,12-14H2,1-2H3,(H,35,36)/t17-,19?/m1/s1. The van der Waals surface area contributed by atoms with Gasteiger partial charge in [-0.15, -0.1) is 0 Å². The lowest BCUT2D eigenvalue weighted by atomic mass is 10.0. The molecule has 1 aliphatic heterocycles. The van der Waals surface area contributed by atoms with Gasteiger partial charge in [0.15, 0.2) is 5.75 Å². The number of carbonyl (C=O) groups is 2. The van der Waals surface area contributed by atoms with Crippen LogP contribution in [-0.2, 0) is 14.8 Å². The van der Waals surface area contributed by atoms with Gasteiger partial charge in [0.05, 0.1) is 23.5 Å². The zero-order valence-corrected chi connectivity index (χ0v) is 22.1. The van der Waals surface area contributed by atoms with E-state index in [0.717, 1.165) is 21.0 Å². The number of phenols is 1. The summed E-state index contributed by atoms with van der Waals surface area (Å²) < 4.78 is 24.8. The number of amides is 1. The van der Waals surface area contributed by atoms with Gasteiger partial charge < -0.3 is 25.7 Å². The SMILES string of the molecule is CC[C@@H](Nc1c(Nc2cccc(C(=O)N3CCN(S(C)(=O)=O)CC3C(=O)O)c2O)c(=O)c1=O)c1ccccc1. The van der Waals surface area contributed by atoms with Crippen molar-refractivity contribution in [2.24, 2.45) is 0 Å². The molecule has 0 aromatic heterocycles. The van der Waals surface area contributed by atoms with E-state index >= 15 is 0 Å². The van der Waals surface area contributed by atoms with Crippen molar-refractivity contribution < 1.29 is 28.2 Å². The number of carbonyl (C=O) groups excluding carboxylic acids is 1. The van der Waals surface area contributed by atoms with Crippen molar-refractivity contribution in [3.8, 4) is 5.75 Å². The molecule has 1 aliphatic rings. The monoisotopic (exact) mass is 556 g/mol. The topological polar surface area (TPSA) is 173 Å². The Morgan fingerprint density at radius 2 is 1.69 bits per heavy atom. The molecule has 1 saturated heterocycles. The number of hydrogen-bond donors (Lipinski definition) is 4. The van der Waals surface area contributed by atoms with E-state index in [2.05, 4.69) is 10.6 Å². The number of nitrogens with zero attached hydrogens (tertiary/aromatic N) is 2. The highest BCUT2D eigenvalue weighted by molar-refractivity contribution is 7.88. The number of phenolic OH excluding ortho intramolecular Hbond substituents is 1. The van der Waals surface area contributed by atoms with Crippen molar-refractivity contribution in [2.45, 2.75) is 25.4 Å². The fourth-order valence-corrected chi connectivity index (χ4v) is 5.37. The molecule has 12 nitrogen and oxygen atoms in total. The number of piperazine rings is 1. The van der Waals surface area contributed by atoms with E-state index in [1.165, 1.54) is 18.2 Å². The van der Waals surface area contributed by atoms with Crippen LogP contribution in [0.5, 0.6) is 5.75 Å². The number of aromatic hydroxyl groups is 1. The number of aliphatic carboxylic acids is 1. The predicted octanol–water partition coefficient (Wildman–Crippen LogP) is 1.47. The Labute approximate surface area is 224 Å². The van der Waals surface area contributed by atoms with Gasteiger partial charge in [-0.1, -0.05) is 43.3 Å². The van der Waals surface area contributed by atoms with Crippen molar-refractivity contribution in [1.82, 2.24) is 9.21 Å². The second-order valence-electron chi connectivity index (χ2n) is 9.22. The molecule has 1 fully saturated rings. The number of carboxylic acids is 1. The summed E-state index contributed by atoms with van der Waals surface area (Å²) in [7, 11) is -3.67. The Morgan fingerprint density at radius 1 is 1.03 bits per heavy atom. The fraction of sp³-hybridized carbons (Fsp3) is 0.308. The smallest absolute Gasteiger partial charge is 0.327 e. The van der Waals surface area contributed by atoms with Gasteiger partial charge >= 0.3 is 5.97 Å². The van der Waals surface area contributed by atoms with Gasteiger partial charge in [0, 0.05) is 19.6 Å². The highest BCUT2D eigenvalue weighted by atomic mass is 32.2. The molecule has 1 amide bonds. The van der Waals surface area contributed by atoms with E-state index in [1.54, 1.807) is 0 Å². The van der Waals surface area contributed by atoms with Gasteiger partial charge in [-0.05, 0) is 24.1 Å². The minimum absolute atomic E-state index is 0.0367. The lowest BCUT2D eigenvalue weighted by Gasteiger charge is -2.38. The zero-order valence-electron chi connectivity index (χ0n) is 21.2. The molecular weight excluding hydrogens is 528 g/mol. The highest BCUT2D eigenvalue weighted by Gasteiger charge is 2.39. The molecule has 0 aliphatic carbocycles. The summed E-state index contributed by atoms with van der Waals surface area (Å²) in [6.07, 6.45) is 1.58. The Balaban J connectivity index is 1.59. The van der Waals surface area contributed by atoms with Crippen LogP contribution < -0.4 is 21.5 Å². The molecule has 1 unspecified atom stereocenters. The number of sulfonamides is 1. The molecule has 0 bridgehead atoms. The molecule has 0 radical (unpaired) electrons. The number of anilines is 3. The Bertz CT molecular complexity index is 1580. The summed E-state index contributed by atoms with van der Waals surface area (Å²) in [5.41, 5.74) is -0.896. The van der Waals surface area contributed by atoms with E-state index in [1.807, 2.05) is 37.3 Å². The molecule has 3 aromatic carbocycles. The van der Waals surface area contributed by atoms with Gasteiger partial charge in [-0.3, -0.25) is 14.4 Å². The van der Waals surface area contributed by atoms with Gasteiger partial charge in [0.1, 0.15) is 17.4 Å². The minimum Gasteiger partial charge on any atom is -0.505 e. The first kappa shape index (κ1) is 27.8. The summed E-state index contributed by atoms with van der Waals surface area (Å²) in [6, 6.07) is 11.8. The average molecular weight is 557 g/mol. The lowest BCUT2D eigenvalue weighted by Crippen LogP contribution is -2.59. The molecule has 2 atom stereocenters. The second kappa shape index (κ2) is 10.9. The Morgan fingerprint density at radius 3 is 2.31 bits per heavy atom. The first-order valence-corrected chi connectivity index (χ1v) is 14.0. The van der Waals surface area contributed by atoms with Crippen LogP contribution in [0.3, 0.4) is 0 Å². The average Bonchev–Trinajstić information content (AvgIpc) is 2.92. The largest absolute Gasteiger partial charge is 0.505 e. The molecule has 0 saturated carbocycles. The number of rotatable bonds is 9. The zero-order chi connectivity index (χ0) is 28.5. The second-order valence-corrected chi connectivity index (χ2v) is 11.2. The van der Waals surface area contributed by atoms with E-state index in [0.29, 0.717) is 6.42 Å². The first-order chi connectivity index (χ1) is 18.4. The highest BCUT2D eigenvalue weighted by Crippen LogP contribution is 2.34. The summed E-state index contributed by atoms with van der Waals surface area (Å²) in [4.78, 5) is 50.9. The molecule has 0 spiro atoms. The quantitative estimate of drug-likeness (QED) is 0.223. The molecule has 206 valence electrons. The molecule has 3 aromatic rings. The third-order valence-electron chi connectivity index (χ3n) is 6.72. The van der Waals surface area contributed by atoms with Gasteiger partial charge in [0.2, 0.25) is 10.0 Å². The van der Waals surface area contributed by atoms with Crippen LogP contribution >= 0.6 is 0 Å². The predicted molar refractivity (Wildman–Crippen MR) is 145 cm³/mol. The summed E-state index contributed by atoms with van der Waals surface area (Å²) in [5.74, 6) is -2.77. The number of benzene rings is 2. The van der Waals surface area contributed by atoms with Crippen LogP contribution in [0.15, 0.2) is 58.1 Å². The normalized spacial score (nSPS) is 17.1. The van der Waals surface area contributed by atoms with Crippen molar-refractivity contribution in [1.29, 1.82) is 0 Å². The van der Waals surface area contributed by atoms with E-state index < -0.39 is 51.1 Å². The Hall–Kier alpha value is -4.23. The van der Waals surface area contributed by atoms with Crippen LogP contribution in [0, 0.1) is 0 Å². The van der Waals surface area contributed by atoms with Gasteiger partial charge in [-0.2, -0.15) is 4.31 Å². The van der Waals surface area contributed by atoms with E-state index in [9.17, 15) is 37.8 Å².